The summed E-state index contributed by atoms with van der Waals surface area (Å²) in [6.45, 7) is 0. The van der Waals surface area contributed by atoms with Crippen molar-refractivity contribution in [2.75, 3.05) is 0 Å². The van der Waals surface area contributed by atoms with Gasteiger partial charge in [0, 0.05) is 38.7 Å². The summed E-state index contributed by atoms with van der Waals surface area (Å²) in [4.78, 5) is 4.39. The van der Waals surface area contributed by atoms with Crippen molar-refractivity contribution < 1.29 is 20.1 Å². The molecule has 4 aromatic rings. The minimum Gasteiger partial charge on any atom is -0.345 e. The minimum atomic E-state index is 0. The molecule has 0 fully saturated rings. The Morgan fingerprint density at radius 2 is 2.00 bits per heavy atom. The van der Waals surface area contributed by atoms with Gasteiger partial charge in [-0.1, -0.05) is 5.39 Å². The van der Waals surface area contributed by atoms with Crippen LogP contribution in [0.5, 0.6) is 0 Å². The first-order chi connectivity index (χ1) is 7.95. The molecule has 0 spiro atoms. The molecule has 0 saturated heterocycles. The van der Waals surface area contributed by atoms with E-state index in [1.54, 1.807) is 0 Å². The third-order valence-electron chi connectivity index (χ3n) is 2.93. The van der Waals surface area contributed by atoms with E-state index in [2.05, 4.69) is 38.2 Å². The Hall–Kier alpha value is -1.64. The molecule has 0 atom stereocenters. The predicted molar refractivity (Wildman–Crippen MR) is 62.5 cm³/mol. The van der Waals surface area contributed by atoms with Gasteiger partial charge in [0.2, 0.25) is 0 Å². The van der Waals surface area contributed by atoms with Crippen molar-refractivity contribution in [2.45, 2.75) is 0 Å². The molecule has 85 valence electrons. The maximum atomic E-state index is 4.39. The van der Waals surface area contributed by atoms with E-state index >= 15 is 0 Å². The average Bonchev–Trinajstić information content (AvgIpc) is 2.98. The van der Waals surface area contributed by atoms with Crippen molar-refractivity contribution >= 4 is 22.2 Å². The van der Waals surface area contributed by atoms with Crippen molar-refractivity contribution in [2.24, 2.45) is 0 Å². The molecule has 0 aliphatic carbocycles. The zero-order valence-electron chi connectivity index (χ0n) is 8.79. The third kappa shape index (κ3) is 1.28. The van der Waals surface area contributed by atoms with Gasteiger partial charge in [-0.15, -0.1) is 24.3 Å². The molecule has 0 bridgehead atoms. The molecule has 1 aromatic carbocycles. The summed E-state index contributed by atoms with van der Waals surface area (Å²) in [6, 6.07) is 13.4. The van der Waals surface area contributed by atoms with Crippen LogP contribution in [0.15, 0.2) is 48.9 Å². The third-order valence-corrected chi connectivity index (χ3v) is 2.93. The summed E-state index contributed by atoms with van der Waals surface area (Å²) in [7, 11) is 0. The van der Waals surface area contributed by atoms with Crippen molar-refractivity contribution in [3.8, 4) is 0 Å². The van der Waals surface area contributed by atoms with Crippen molar-refractivity contribution in [3.63, 3.8) is 0 Å². The molecule has 4 rings (SSSR count). The molecule has 0 saturated carbocycles. The van der Waals surface area contributed by atoms with Gasteiger partial charge in [0.1, 0.15) is 5.65 Å². The summed E-state index contributed by atoms with van der Waals surface area (Å²) in [5.74, 6) is 0. The quantitative estimate of drug-likeness (QED) is 0.417. The van der Waals surface area contributed by atoms with Crippen LogP contribution in [-0.2, 0) is 20.1 Å². The molecule has 0 aliphatic rings. The van der Waals surface area contributed by atoms with E-state index in [-0.39, 0.29) is 20.1 Å². The van der Waals surface area contributed by atoms with Crippen LogP contribution in [0.3, 0.4) is 0 Å². The largest absolute Gasteiger partial charge is 0.345 e. The van der Waals surface area contributed by atoms with Crippen LogP contribution < -0.4 is 0 Å². The Morgan fingerprint density at radius 1 is 1.06 bits per heavy atom. The van der Waals surface area contributed by atoms with E-state index in [0.29, 0.717) is 0 Å². The zero-order chi connectivity index (χ0) is 10.5. The summed E-state index contributed by atoms with van der Waals surface area (Å²) >= 11 is 0. The number of aromatic nitrogens is 3. The Kier molecular flexibility index (Phi) is 2.28. The Balaban J connectivity index is 0.000000902. The number of rotatable bonds is 0. The van der Waals surface area contributed by atoms with E-state index in [1.165, 1.54) is 0 Å². The second-order valence-electron chi connectivity index (χ2n) is 3.79. The monoisotopic (exact) mass is 399 g/mol. The standard InChI is InChI=1S/C13H8N3.Ir/c1-2-5-11-10(4-1)13-14-7-9-16(13)12-6-3-8-15(11)12;/h1-3,5-9H;/q-1;. The second-order valence-corrected chi connectivity index (χ2v) is 3.79. The van der Waals surface area contributed by atoms with Gasteiger partial charge in [0.15, 0.2) is 0 Å². The number of imidazole rings is 1. The van der Waals surface area contributed by atoms with Gasteiger partial charge in [0.25, 0.3) is 0 Å². The first-order valence-corrected chi connectivity index (χ1v) is 5.18. The molecular formula is C13H8IrN3-. The van der Waals surface area contributed by atoms with Crippen LogP contribution in [0.4, 0.5) is 0 Å². The Morgan fingerprint density at radius 3 is 2.94 bits per heavy atom. The van der Waals surface area contributed by atoms with Crippen LogP contribution in [-0.4, -0.2) is 13.8 Å². The second kappa shape index (κ2) is 3.69. The normalized spacial score (nSPS) is 11.1. The first kappa shape index (κ1) is 10.5. The van der Waals surface area contributed by atoms with Gasteiger partial charge >= 0.3 is 0 Å². The number of hydrogen-bond acceptors (Lipinski definition) is 1. The molecule has 3 heterocycles. The fraction of sp³-hybridized carbons (Fsp3) is 0. The van der Waals surface area contributed by atoms with Gasteiger partial charge in [-0.05, 0) is 17.6 Å². The number of benzene rings is 1. The summed E-state index contributed by atoms with van der Waals surface area (Å²) in [6.07, 6.45) is 5.86. The van der Waals surface area contributed by atoms with E-state index < -0.39 is 0 Å². The van der Waals surface area contributed by atoms with Crippen molar-refractivity contribution in [1.82, 2.24) is 13.8 Å². The van der Waals surface area contributed by atoms with Crippen molar-refractivity contribution in [1.29, 1.82) is 0 Å². The van der Waals surface area contributed by atoms with Crippen LogP contribution in [0.2, 0.25) is 0 Å². The van der Waals surface area contributed by atoms with Crippen LogP contribution >= 0.6 is 0 Å². The van der Waals surface area contributed by atoms with Crippen molar-refractivity contribution in [3.05, 3.63) is 55.0 Å². The summed E-state index contributed by atoms with van der Waals surface area (Å²) < 4.78 is 4.24. The number of hydrogen-bond donors (Lipinski definition) is 0. The summed E-state index contributed by atoms with van der Waals surface area (Å²) in [5, 5.41) is 1.05. The molecule has 3 nitrogen and oxygen atoms in total. The molecule has 17 heavy (non-hydrogen) atoms. The van der Waals surface area contributed by atoms with Gasteiger partial charge in [-0.2, -0.15) is 0 Å². The fourth-order valence-corrected chi connectivity index (χ4v) is 2.25. The van der Waals surface area contributed by atoms with Gasteiger partial charge in [-0.25, -0.2) is 0 Å². The fourth-order valence-electron chi connectivity index (χ4n) is 2.25. The van der Waals surface area contributed by atoms with Crippen LogP contribution in [0, 0.1) is 6.07 Å². The molecule has 4 heteroatoms. The molecular weight excluding hydrogens is 390 g/mol. The SMILES string of the molecule is [Ir].[c-]1cccc2c1c1nccn1c1cccn21. The molecule has 0 amide bonds. The maximum Gasteiger partial charge on any atom is 0.105 e. The maximum absolute atomic E-state index is 4.39. The number of nitrogens with zero attached hydrogens (tertiary/aromatic N) is 3. The van der Waals surface area contributed by atoms with E-state index in [0.717, 1.165) is 22.2 Å². The Bertz CT molecular complexity index is 744. The molecule has 0 N–H and O–H groups in total. The van der Waals surface area contributed by atoms with Gasteiger partial charge in [0.05, 0.1) is 5.65 Å². The van der Waals surface area contributed by atoms with Crippen LogP contribution in [0.1, 0.15) is 0 Å². The van der Waals surface area contributed by atoms with Gasteiger partial charge < -0.3 is 8.80 Å². The average molecular weight is 398 g/mol. The molecule has 0 aliphatic heterocycles. The predicted octanol–water partition coefficient (Wildman–Crippen LogP) is 2.54. The summed E-state index contributed by atoms with van der Waals surface area (Å²) in [5.41, 5.74) is 3.22. The topological polar surface area (TPSA) is 21.7 Å². The van der Waals surface area contributed by atoms with Gasteiger partial charge in [-0.3, -0.25) is 4.98 Å². The van der Waals surface area contributed by atoms with E-state index in [4.69, 9.17) is 0 Å². The number of fused-ring (bicyclic) bond motifs is 6. The minimum absolute atomic E-state index is 0. The molecule has 3 aromatic heterocycles. The molecule has 1 radical (unpaired) electrons. The van der Waals surface area contributed by atoms with E-state index in [9.17, 15) is 0 Å². The first-order valence-electron chi connectivity index (χ1n) is 5.18. The Labute approximate surface area is 111 Å². The molecule has 0 unspecified atom stereocenters. The smallest absolute Gasteiger partial charge is 0.105 e. The zero-order valence-corrected chi connectivity index (χ0v) is 11.2. The van der Waals surface area contributed by atoms with Crippen LogP contribution in [0.25, 0.3) is 22.2 Å². The van der Waals surface area contributed by atoms with E-state index in [1.807, 2.05) is 30.6 Å².